The summed E-state index contributed by atoms with van der Waals surface area (Å²) in [7, 11) is 0. The zero-order valence-electron chi connectivity index (χ0n) is 8.25. The van der Waals surface area contributed by atoms with E-state index in [9.17, 15) is 17.4 Å². The van der Waals surface area contributed by atoms with Crippen molar-refractivity contribution in [3.63, 3.8) is 0 Å². The number of hydrogen-bond acceptors (Lipinski definition) is 2. The van der Waals surface area contributed by atoms with Gasteiger partial charge in [-0.25, -0.2) is 4.21 Å². The average Bonchev–Trinajstić information content (AvgIpc) is 2.04. The van der Waals surface area contributed by atoms with Crippen LogP contribution < -0.4 is 33.7 Å². The third-order valence-corrected chi connectivity index (χ3v) is 1.83. The molecule has 1 rings (SSSR count). The SMILES string of the molecule is O=S(Oc1ccccc1)C(F)(F)F.[H-].[Na+]. The van der Waals surface area contributed by atoms with E-state index in [1.807, 2.05) is 0 Å². The molecule has 2 nitrogen and oxygen atoms in total. The minimum absolute atomic E-state index is 0. The molecule has 0 bridgehead atoms. The molecule has 7 heteroatoms. The molecule has 0 aliphatic rings. The first-order chi connectivity index (χ1) is 6.00. The molecule has 0 spiro atoms. The van der Waals surface area contributed by atoms with Crippen molar-refractivity contribution in [1.82, 2.24) is 0 Å². The van der Waals surface area contributed by atoms with Gasteiger partial charge in [0.25, 0.3) is 0 Å². The summed E-state index contributed by atoms with van der Waals surface area (Å²) in [5.41, 5.74) is -4.84. The van der Waals surface area contributed by atoms with E-state index in [0.717, 1.165) is 0 Å². The second-order valence-electron chi connectivity index (χ2n) is 2.08. The molecule has 1 atom stereocenters. The second-order valence-corrected chi connectivity index (χ2v) is 3.18. The first kappa shape index (κ1) is 14.0. The normalized spacial score (nSPS) is 12.8. The quantitative estimate of drug-likeness (QED) is 0.637. The van der Waals surface area contributed by atoms with E-state index in [1.54, 1.807) is 6.07 Å². The predicted octanol–water partition coefficient (Wildman–Crippen LogP) is -0.635. The number of para-hydroxylation sites is 1. The van der Waals surface area contributed by atoms with E-state index in [2.05, 4.69) is 4.18 Å². The fourth-order valence-electron chi connectivity index (χ4n) is 0.611. The van der Waals surface area contributed by atoms with E-state index < -0.39 is 16.6 Å². The number of hydrogen-bond donors (Lipinski definition) is 0. The minimum atomic E-state index is -4.84. The fourth-order valence-corrected chi connectivity index (χ4v) is 0.991. The van der Waals surface area contributed by atoms with Crippen LogP contribution in [0.15, 0.2) is 30.3 Å². The maximum atomic E-state index is 11.7. The Morgan fingerprint density at radius 3 is 2.14 bits per heavy atom. The van der Waals surface area contributed by atoms with Crippen LogP contribution >= 0.6 is 0 Å². The van der Waals surface area contributed by atoms with Gasteiger partial charge in [-0.05, 0) is 12.1 Å². The van der Waals surface area contributed by atoms with E-state index in [1.165, 1.54) is 24.3 Å². The second kappa shape index (κ2) is 5.75. The van der Waals surface area contributed by atoms with Crippen LogP contribution in [0.1, 0.15) is 1.43 Å². The molecule has 1 unspecified atom stereocenters. The molecule has 0 amide bonds. The molecular formula is C7H6F3NaO2S. The third-order valence-electron chi connectivity index (χ3n) is 1.10. The van der Waals surface area contributed by atoms with Gasteiger partial charge in [0.05, 0.1) is 0 Å². The molecule has 0 fully saturated rings. The van der Waals surface area contributed by atoms with Gasteiger partial charge in [0, 0.05) is 0 Å². The zero-order valence-corrected chi connectivity index (χ0v) is 10.1. The molecule has 14 heavy (non-hydrogen) atoms. The summed E-state index contributed by atoms with van der Waals surface area (Å²) in [4.78, 5) is 0. The van der Waals surface area contributed by atoms with Crippen LogP contribution in [0.3, 0.4) is 0 Å². The van der Waals surface area contributed by atoms with Gasteiger partial charge in [0.2, 0.25) is 0 Å². The van der Waals surface area contributed by atoms with Crippen molar-refractivity contribution in [2.75, 3.05) is 0 Å². The van der Waals surface area contributed by atoms with Crippen molar-refractivity contribution in [2.24, 2.45) is 0 Å². The minimum Gasteiger partial charge on any atom is -1.00 e. The van der Waals surface area contributed by atoms with Crippen molar-refractivity contribution in [3.8, 4) is 5.75 Å². The Hall–Kier alpha value is -0.0400. The van der Waals surface area contributed by atoms with Crippen molar-refractivity contribution in [2.45, 2.75) is 5.51 Å². The summed E-state index contributed by atoms with van der Waals surface area (Å²) in [5, 5.41) is 0. The molecular weight excluding hydrogens is 228 g/mol. The maximum Gasteiger partial charge on any atom is 1.00 e. The summed E-state index contributed by atoms with van der Waals surface area (Å²) >= 11 is -3.29. The molecule has 0 aliphatic heterocycles. The summed E-state index contributed by atoms with van der Waals surface area (Å²) in [6.45, 7) is 0. The predicted molar refractivity (Wildman–Crippen MR) is 42.4 cm³/mol. The monoisotopic (exact) mass is 234 g/mol. The first-order valence-corrected chi connectivity index (χ1v) is 4.29. The van der Waals surface area contributed by atoms with Crippen LogP contribution in [0.2, 0.25) is 0 Å². The van der Waals surface area contributed by atoms with Crippen molar-refractivity contribution < 1.29 is 52.5 Å². The summed E-state index contributed by atoms with van der Waals surface area (Å²) in [6, 6.07) is 7.18. The van der Waals surface area contributed by atoms with Crippen LogP contribution in [0.5, 0.6) is 5.75 Å². The molecule has 0 saturated carbocycles. The topological polar surface area (TPSA) is 26.3 Å². The van der Waals surface area contributed by atoms with Crippen molar-refractivity contribution >= 4 is 11.1 Å². The standard InChI is InChI=1S/C7H5F3O2S.Na.H/c8-7(9,10)13(11)12-6-4-2-1-3-5-6;;/h1-5H;;/q;+1;-1. The fraction of sp³-hybridized carbons (Fsp3) is 0.143. The molecule has 0 radical (unpaired) electrons. The van der Waals surface area contributed by atoms with Crippen LogP contribution in [0.4, 0.5) is 13.2 Å². The Bertz CT molecular complexity index is 307. The molecule has 0 N–H and O–H groups in total. The Kier molecular flexibility index (Phi) is 5.73. The van der Waals surface area contributed by atoms with Crippen molar-refractivity contribution in [3.05, 3.63) is 30.3 Å². The Morgan fingerprint density at radius 1 is 1.21 bits per heavy atom. The van der Waals surface area contributed by atoms with Gasteiger partial charge in [0.1, 0.15) is 5.75 Å². The van der Waals surface area contributed by atoms with E-state index >= 15 is 0 Å². The molecule has 0 aliphatic carbocycles. The molecule has 74 valence electrons. The maximum absolute atomic E-state index is 11.7. The zero-order chi connectivity index (χ0) is 9.90. The van der Waals surface area contributed by atoms with E-state index in [-0.39, 0.29) is 36.7 Å². The molecule has 0 heterocycles. The van der Waals surface area contributed by atoms with Gasteiger partial charge in [-0.2, -0.15) is 13.2 Å². The van der Waals surface area contributed by atoms with Gasteiger partial charge >= 0.3 is 46.1 Å². The Balaban J connectivity index is 0. The largest absolute Gasteiger partial charge is 1.00 e. The van der Waals surface area contributed by atoms with Gasteiger partial charge < -0.3 is 5.61 Å². The van der Waals surface area contributed by atoms with Gasteiger partial charge in [-0.1, -0.05) is 18.2 Å². The first-order valence-electron chi connectivity index (χ1n) is 3.22. The number of halogens is 3. The third kappa shape index (κ3) is 4.45. The smallest absolute Gasteiger partial charge is 1.00 e. The Morgan fingerprint density at radius 2 is 1.71 bits per heavy atom. The van der Waals surface area contributed by atoms with Crippen LogP contribution in [-0.4, -0.2) is 9.72 Å². The summed E-state index contributed by atoms with van der Waals surface area (Å²) in [6.07, 6.45) is 0. The Labute approximate surface area is 105 Å². The van der Waals surface area contributed by atoms with E-state index in [4.69, 9.17) is 0 Å². The number of alkyl halides is 3. The van der Waals surface area contributed by atoms with Crippen LogP contribution in [-0.2, 0) is 11.1 Å². The van der Waals surface area contributed by atoms with Crippen molar-refractivity contribution in [1.29, 1.82) is 0 Å². The molecule has 1 aromatic carbocycles. The summed E-state index contributed by atoms with van der Waals surface area (Å²) < 4.78 is 49.7. The number of rotatable bonds is 2. The average molecular weight is 234 g/mol. The number of benzene rings is 1. The van der Waals surface area contributed by atoms with Gasteiger partial charge in [-0.3, -0.25) is 0 Å². The molecule has 0 aromatic heterocycles. The van der Waals surface area contributed by atoms with Crippen LogP contribution in [0.25, 0.3) is 0 Å². The molecule has 1 aromatic rings. The van der Waals surface area contributed by atoms with Crippen LogP contribution in [0, 0.1) is 0 Å². The summed E-state index contributed by atoms with van der Waals surface area (Å²) in [5.74, 6) is -0.0711. The van der Waals surface area contributed by atoms with Gasteiger partial charge in [-0.15, -0.1) is 0 Å². The molecule has 0 saturated heterocycles. The van der Waals surface area contributed by atoms with E-state index in [0.29, 0.717) is 0 Å². The van der Waals surface area contributed by atoms with Gasteiger partial charge in [0.15, 0.2) is 0 Å².